The number of aromatic nitrogens is 1. The Labute approximate surface area is 215 Å². The van der Waals surface area contributed by atoms with Crippen molar-refractivity contribution in [3.05, 3.63) is 88.2 Å². The van der Waals surface area contributed by atoms with Gasteiger partial charge in [0.25, 0.3) is 5.91 Å². The molecule has 6 nitrogen and oxygen atoms in total. The van der Waals surface area contributed by atoms with E-state index in [4.69, 9.17) is 26.8 Å². The summed E-state index contributed by atoms with van der Waals surface area (Å²) in [5.41, 5.74) is 8.62. The molecule has 2 aromatic carbocycles. The lowest BCUT2D eigenvalue weighted by Gasteiger charge is -2.09. The number of benzene rings is 2. The van der Waals surface area contributed by atoms with E-state index in [1.165, 1.54) is 0 Å². The predicted molar refractivity (Wildman–Crippen MR) is 127 cm³/mol. The summed E-state index contributed by atoms with van der Waals surface area (Å²) in [6.45, 7) is 0.584. The van der Waals surface area contributed by atoms with Crippen molar-refractivity contribution in [3.8, 4) is 11.5 Å². The number of primary amides is 1. The highest BCUT2D eigenvalue weighted by atomic mass is 79.9. The van der Waals surface area contributed by atoms with Crippen LogP contribution in [-0.4, -0.2) is 25.9 Å². The summed E-state index contributed by atoms with van der Waals surface area (Å²) in [6.07, 6.45) is 6.23. The van der Waals surface area contributed by atoms with Gasteiger partial charge < -0.3 is 32.2 Å². The molecule has 1 amide bonds. The lowest BCUT2D eigenvalue weighted by atomic mass is 10.00. The summed E-state index contributed by atoms with van der Waals surface area (Å²) < 4.78 is 12.4. The summed E-state index contributed by atoms with van der Waals surface area (Å²) in [6, 6.07) is 14.7. The van der Waals surface area contributed by atoms with E-state index < -0.39 is 5.91 Å². The summed E-state index contributed by atoms with van der Waals surface area (Å²) in [7, 11) is 3.10. The van der Waals surface area contributed by atoms with Crippen LogP contribution in [0.15, 0.2) is 60.9 Å². The number of aryl methyl sites for hydroxylation is 1. The van der Waals surface area contributed by atoms with Gasteiger partial charge in [-0.25, -0.2) is 0 Å². The number of carbonyl (C=O) groups excluding carboxylic acids is 2. The second-order valence-electron chi connectivity index (χ2n) is 7.75. The largest absolute Gasteiger partial charge is 1.00 e. The molecule has 0 spiro atoms. The van der Waals surface area contributed by atoms with Crippen LogP contribution >= 0.6 is 11.6 Å². The number of hydrogen-bond donors (Lipinski definition) is 1. The molecule has 3 rings (SSSR count). The van der Waals surface area contributed by atoms with Crippen molar-refractivity contribution in [3.63, 3.8) is 0 Å². The number of hydrogen-bond acceptors (Lipinski definition) is 4. The van der Waals surface area contributed by atoms with Crippen molar-refractivity contribution >= 4 is 23.3 Å². The average Bonchev–Trinajstić information content (AvgIpc) is 2.81. The van der Waals surface area contributed by atoms with Gasteiger partial charge >= 0.3 is 0 Å². The fourth-order valence-corrected chi connectivity index (χ4v) is 3.92. The third-order valence-corrected chi connectivity index (χ3v) is 5.67. The van der Waals surface area contributed by atoms with Gasteiger partial charge in [-0.2, -0.15) is 4.57 Å². The highest BCUT2D eigenvalue weighted by Crippen LogP contribution is 2.28. The van der Waals surface area contributed by atoms with Crippen molar-refractivity contribution in [2.24, 2.45) is 5.73 Å². The molecule has 34 heavy (non-hydrogen) atoms. The molecular weight excluding hydrogens is 520 g/mol. The number of ketones is 1. The number of rotatable bonds is 11. The molecule has 0 aliphatic heterocycles. The highest BCUT2D eigenvalue weighted by molar-refractivity contribution is 6.30. The van der Waals surface area contributed by atoms with Gasteiger partial charge in [0.15, 0.2) is 36.2 Å². The van der Waals surface area contributed by atoms with Gasteiger partial charge in [-0.05, 0) is 55.2 Å². The van der Waals surface area contributed by atoms with Crippen LogP contribution in [0.5, 0.6) is 11.5 Å². The van der Waals surface area contributed by atoms with E-state index >= 15 is 0 Å². The van der Waals surface area contributed by atoms with Gasteiger partial charge in [0.05, 0.1) is 14.2 Å². The quantitative estimate of drug-likeness (QED) is 0.224. The van der Waals surface area contributed by atoms with Crippen LogP contribution in [0.3, 0.4) is 0 Å². The van der Waals surface area contributed by atoms with E-state index in [1.54, 1.807) is 38.6 Å². The van der Waals surface area contributed by atoms with Gasteiger partial charge in [0.2, 0.25) is 0 Å². The van der Waals surface area contributed by atoms with Gasteiger partial charge in [0.1, 0.15) is 5.56 Å². The van der Waals surface area contributed by atoms with Crippen molar-refractivity contribution in [1.82, 2.24) is 0 Å². The first kappa shape index (κ1) is 27.3. The number of nitrogens with zero attached hydrogens (tertiary/aromatic N) is 1. The first-order valence-electron chi connectivity index (χ1n) is 10.7. The zero-order valence-corrected chi connectivity index (χ0v) is 21.6. The van der Waals surface area contributed by atoms with Crippen LogP contribution in [0.2, 0.25) is 5.02 Å². The highest BCUT2D eigenvalue weighted by Gasteiger charge is 2.15. The smallest absolute Gasteiger partial charge is 0.255 e. The van der Waals surface area contributed by atoms with Gasteiger partial charge in [-0.1, -0.05) is 23.7 Å². The lowest BCUT2D eigenvalue weighted by molar-refractivity contribution is -0.688. The van der Waals surface area contributed by atoms with Crippen molar-refractivity contribution in [1.29, 1.82) is 0 Å². The van der Waals surface area contributed by atoms with Gasteiger partial charge in [0, 0.05) is 28.6 Å². The maximum atomic E-state index is 12.6. The van der Waals surface area contributed by atoms with E-state index in [9.17, 15) is 9.59 Å². The molecule has 2 N–H and O–H groups in total. The molecule has 180 valence electrons. The maximum absolute atomic E-state index is 12.6. The molecule has 0 radical (unpaired) electrons. The Morgan fingerprint density at radius 2 is 1.76 bits per heavy atom. The van der Waals surface area contributed by atoms with E-state index in [0.29, 0.717) is 53.5 Å². The fraction of sp³-hybridized carbons (Fsp3) is 0.269. The zero-order valence-electron chi connectivity index (χ0n) is 19.2. The SMILES string of the molecule is COc1ccc(C(=O)CCCCc2cc[n+](Cc3cccc(Cl)c3)cc2C(N)=O)cc1OC.[Br-]. The number of ether oxygens (including phenoxy) is 2. The standard InChI is InChI=1S/C26H27ClN2O4.BrH/c1-32-24-11-10-20(15-25(24)33-2)23(30)9-4-3-7-19-12-13-29(17-22(19)26(28)31)16-18-6-5-8-21(27)14-18;/h5-6,8,10-15,17H,3-4,7,9,16H2,1-2H3,(H-,28,31);1H. The van der Waals surface area contributed by atoms with Crippen LogP contribution in [0, 0.1) is 0 Å². The van der Waals surface area contributed by atoms with Crippen LogP contribution < -0.4 is 36.8 Å². The molecule has 0 fully saturated rings. The number of nitrogens with two attached hydrogens (primary N) is 1. The number of Topliss-reactive ketones (excluding diaryl/α,β-unsaturated/α-hetero) is 1. The Balaban J connectivity index is 0.00000408. The van der Waals surface area contributed by atoms with Crippen molar-refractivity contribution < 1.29 is 40.6 Å². The van der Waals surface area contributed by atoms with Crippen molar-refractivity contribution in [2.75, 3.05) is 14.2 Å². The fourth-order valence-electron chi connectivity index (χ4n) is 3.71. The zero-order chi connectivity index (χ0) is 23.8. The van der Waals surface area contributed by atoms with E-state index in [2.05, 4.69) is 0 Å². The van der Waals surface area contributed by atoms with Gasteiger partial charge in [-0.3, -0.25) is 9.59 Å². The van der Waals surface area contributed by atoms with E-state index in [1.807, 2.05) is 41.1 Å². The molecule has 1 aromatic heterocycles. The molecule has 0 bridgehead atoms. The minimum atomic E-state index is -0.466. The molecule has 3 aromatic rings. The Hall–Kier alpha value is -2.90. The van der Waals surface area contributed by atoms with Crippen LogP contribution in [0.1, 0.15) is 51.1 Å². The predicted octanol–water partition coefficient (Wildman–Crippen LogP) is 1.39. The second kappa shape index (κ2) is 13.1. The Kier molecular flexibility index (Phi) is 10.5. The molecule has 0 saturated carbocycles. The molecule has 1 heterocycles. The first-order chi connectivity index (χ1) is 15.9. The Morgan fingerprint density at radius 3 is 2.44 bits per heavy atom. The maximum Gasteiger partial charge on any atom is 0.255 e. The first-order valence-corrected chi connectivity index (χ1v) is 11.1. The summed E-state index contributed by atoms with van der Waals surface area (Å²) in [4.78, 5) is 24.6. The number of methoxy groups -OCH3 is 2. The minimum Gasteiger partial charge on any atom is -1.00 e. The van der Waals surface area contributed by atoms with Gasteiger partial charge in [-0.15, -0.1) is 0 Å². The van der Waals surface area contributed by atoms with E-state index in [-0.39, 0.29) is 22.8 Å². The van der Waals surface area contributed by atoms with Crippen LogP contribution in [0.4, 0.5) is 0 Å². The number of amides is 1. The summed E-state index contributed by atoms with van der Waals surface area (Å²) >= 11 is 6.06. The van der Waals surface area contributed by atoms with Crippen LogP contribution in [0.25, 0.3) is 0 Å². The summed E-state index contributed by atoms with van der Waals surface area (Å²) in [5.74, 6) is 0.694. The Morgan fingerprint density at radius 1 is 1.00 bits per heavy atom. The summed E-state index contributed by atoms with van der Waals surface area (Å²) in [5, 5.41) is 0.669. The van der Waals surface area contributed by atoms with Crippen molar-refractivity contribution in [2.45, 2.75) is 32.2 Å². The minimum absolute atomic E-state index is 0. The molecule has 0 unspecified atom stereocenters. The molecule has 0 aliphatic carbocycles. The molecular formula is C26H28BrClN2O4. The monoisotopic (exact) mass is 546 g/mol. The topological polar surface area (TPSA) is 82.5 Å². The number of pyridine rings is 1. The molecule has 0 aliphatic rings. The van der Waals surface area contributed by atoms with E-state index in [0.717, 1.165) is 17.5 Å². The Bertz CT molecular complexity index is 1150. The molecule has 8 heteroatoms. The lowest BCUT2D eigenvalue weighted by Crippen LogP contribution is -3.00. The number of unbranched alkanes of at least 4 members (excludes halogenated alkanes) is 1. The third-order valence-electron chi connectivity index (χ3n) is 5.43. The number of halogens is 2. The second-order valence-corrected chi connectivity index (χ2v) is 8.19. The number of carbonyl (C=O) groups is 2. The normalized spacial score (nSPS) is 10.3. The molecule has 0 saturated heterocycles. The average molecular weight is 548 g/mol. The van der Waals surface area contributed by atoms with Crippen LogP contribution in [-0.2, 0) is 13.0 Å². The molecule has 0 atom stereocenters. The third kappa shape index (κ3) is 7.30.